The Hall–Kier alpha value is -0.520. The van der Waals surface area contributed by atoms with Gasteiger partial charge in [0.15, 0.2) is 0 Å². The summed E-state index contributed by atoms with van der Waals surface area (Å²) in [4.78, 5) is 0. The minimum absolute atomic E-state index is 0.871. The van der Waals surface area contributed by atoms with Crippen LogP contribution in [0, 0.1) is 5.92 Å². The van der Waals surface area contributed by atoms with Crippen LogP contribution in [0.3, 0.4) is 0 Å². The van der Waals surface area contributed by atoms with E-state index in [-0.39, 0.29) is 0 Å². The molecule has 0 amide bonds. The highest BCUT2D eigenvalue weighted by molar-refractivity contribution is 4.87. The molecule has 76 valence electrons. The van der Waals surface area contributed by atoms with Crippen molar-refractivity contribution in [3.8, 4) is 0 Å². The molecule has 0 spiro atoms. The molecule has 0 nitrogen and oxygen atoms in total. The Morgan fingerprint density at radius 3 is 2.62 bits per heavy atom. The van der Waals surface area contributed by atoms with Gasteiger partial charge in [0.1, 0.15) is 0 Å². The summed E-state index contributed by atoms with van der Waals surface area (Å²) in [5.41, 5.74) is 1.32. The molecule has 1 unspecified atom stereocenters. The summed E-state index contributed by atoms with van der Waals surface area (Å²) in [5, 5.41) is 0. The third-order valence-corrected chi connectivity index (χ3v) is 2.36. The summed E-state index contributed by atoms with van der Waals surface area (Å²) >= 11 is 0. The van der Waals surface area contributed by atoms with Gasteiger partial charge in [-0.2, -0.15) is 0 Å². The molecule has 0 radical (unpaired) electrons. The predicted octanol–water partition coefficient (Wildman–Crippen LogP) is 4.73. The number of allylic oxidation sites excluding steroid dienone is 3. The van der Waals surface area contributed by atoms with E-state index in [0.717, 1.165) is 5.92 Å². The number of hydrogen-bond donors (Lipinski definition) is 0. The van der Waals surface area contributed by atoms with Crippen LogP contribution < -0.4 is 0 Å². The minimum atomic E-state index is 0.871. The van der Waals surface area contributed by atoms with Crippen LogP contribution in [0.25, 0.3) is 0 Å². The molecule has 0 aromatic rings. The molecule has 0 bridgehead atoms. The zero-order chi connectivity index (χ0) is 10.1. The molecule has 0 aromatic carbocycles. The molecular formula is C13H24. The predicted molar refractivity (Wildman–Crippen MR) is 61.9 cm³/mol. The van der Waals surface area contributed by atoms with Gasteiger partial charge in [-0.05, 0) is 45.4 Å². The van der Waals surface area contributed by atoms with E-state index in [1.807, 2.05) is 0 Å². The minimum Gasteiger partial charge on any atom is -0.100 e. The van der Waals surface area contributed by atoms with Gasteiger partial charge >= 0.3 is 0 Å². The van der Waals surface area contributed by atoms with Crippen molar-refractivity contribution in [3.63, 3.8) is 0 Å². The standard InChI is InChI=1S/C13H24/c1-5-6-7-10-13(4)11-8-9-12(2)3/h5-6,13H,2,7-11H2,1,3-4H3. The lowest BCUT2D eigenvalue weighted by molar-refractivity contribution is 0.478. The van der Waals surface area contributed by atoms with Gasteiger partial charge in [0.2, 0.25) is 0 Å². The fraction of sp³-hybridized carbons (Fsp3) is 0.692. The van der Waals surface area contributed by atoms with Gasteiger partial charge in [0, 0.05) is 0 Å². The van der Waals surface area contributed by atoms with E-state index in [2.05, 4.69) is 39.5 Å². The van der Waals surface area contributed by atoms with Gasteiger partial charge in [0.05, 0.1) is 0 Å². The highest BCUT2D eigenvalue weighted by atomic mass is 14.1. The molecule has 0 N–H and O–H groups in total. The lowest BCUT2D eigenvalue weighted by atomic mass is 9.97. The van der Waals surface area contributed by atoms with E-state index in [9.17, 15) is 0 Å². The molecule has 0 aliphatic heterocycles. The van der Waals surface area contributed by atoms with Crippen LogP contribution in [0.2, 0.25) is 0 Å². The van der Waals surface area contributed by atoms with Gasteiger partial charge in [-0.3, -0.25) is 0 Å². The molecule has 0 aliphatic carbocycles. The maximum atomic E-state index is 3.92. The first-order valence-electron chi connectivity index (χ1n) is 5.42. The van der Waals surface area contributed by atoms with Crippen molar-refractivity contribution in [1.29, 1.82) is 0 Å². The second-order valence-electron chi connectivity index (χ2n) is 4.10. The Morgan fingerprint density at radius 1 is 1.38 bits per heavy atom. The van der Waals surface area contributed by atoms with Crippen LogP contribution in [-0.4, -0.2) is 0 Å². The monoisotopic (exact) mass is 180 g/mol. The first kappa shape index (κ1) is 12.5. The Balaban J connectivity index is 3.29. The van der Waals surface area contributed by atoms with Crippen LogP contribution in [0.1, 0.15) is 52.9 Å². The van der Waals surface area contributed by atoms with Crippen molar-refractivity contribution in [2.24, 2.45) is 5.92 Å². The number of rotatable bonds is 7. The summed E-state index contributed by atoms with van der Waals surface area (Å²) in [7, 11) is 0. The molecule has 0 aliphatic rings. The summed E-state index contributed by atoms with van der Waals surface area (Å²) in [6.07, 6.45) is 10.8. The van der Waals surface area contributed by atoms with Crippen LogP contribution in [-0.2, 0) is 0 Å². The summed E-state index contributed by atoms with van der Waals surface area (Å²) < 4.78 is 0. The van der Waals surface area contributed by atoms with E-state index < -0.39 is 0 Å². The highest BCUT2D eigenvalue weighted by Crippen LogP contribution is 2.15. The molecule has 0 aromatic heterocycles. The Morgan fingerprint density at radius 2 is 2.08 bits per heavy atom. The van der Waals surface area contributed by atoms with Gasteiger partial charge in [-0.15, -0.1) is 6.58 Å². The lowest BCUT2D eigenvalue weighted by Crippen LogP contribution is -1.93. The normalized spacial score (nSPS) is 13.5. The molecule has 0 fully saturated rings. The molecule has 0 saturated heterocycles. The van der Waals surface area contributed by atoms with Crippen molar-refractivity contribution < 1.29 is 0 Å². The Labute approximate surface area is 83.7 Å². The van der Waals surface area contributed by atoms with Crippen molar-refractivity contribution in [2.45, 2.75) is 52.9 Å². The Bertz CT molecular complexity index is 153. The molecular weight excluding hydrogens is 156 g/mol. The van der Waals surface area contributed by atoms with E-state index in [0.29, 0.717) is 0 Å². The van der Waals surface area contributed by atoms with Crippen LogP contribution in [0.15, 0.2) is 24.3 Å². The molecule has 0 heteroatoms. The van der Waals surface area contributed by atoms with Crippen molar-refractivity contribution in [1.82, 2.24) is 0 Å². The first-order valence-corrected chi connectivity index (χ1v) is 5.42. The van der Waals surface area contributed by atoms with Gasteiger partial charge < -0.3 is 0 Å². The fourth-order valence-corrected chi connectivity index (χ4v) is 1.44. The second kappa shape index (κ2) is 8.10. The van der Waals surface area contributed by atoms with Gasteiger partial charge in [-0.25, -0.2) is 0 Å². The lowest BCUT2D eigenvalue weighted by Gasteiger charge is -2.09. The smallest absolute Gasteiger partial charge is 0.0326 e. The zero-order valence-electron chi connectivity index (χ0n) is 9.47. The summed E-state index contributed by atoms with van der Waals surface area (Å²) in [5.74, 6) is 0.871. The highest BCUT2D eigenvalue weighted by Gasteiger charge is 2.00. The van der Waals surface area contributed by atoms with Crippen molar-refractivity contribution >= 4 is 0 Å². The molecule has 0 heterocycles. The maximum absolute atomic E-state index is 3.92. The maximum Gasteiger partial charge on any atom is -0.0326 e. The summed E-state index contributed by atoms with van der Waals surface area (Å²) in [6.45, 7) is 10.5. The SMILES string of the molecule is C=C(C)CCCC(C)CCC=CC. The van der Waals surface area contributed by atoms with Gasteiger partial charge in [-0.1, -0.05) is 31.1 Å². The Kier molecular flexibility index (Phi) is 7.77. The molecule has 1 atom stereocenters. The van der Waals surface area contributed by atoms with Crippen LogP contribution >= 0.6 is 0 Å². The van der Waals surface area contributed by atoms with Crippen LogP contribution in [0.4, 0.5) is 0 Å². The number of hydrogen-bond acceptors (Lipinski definition) is 0. The first-order chi connectivity index (χ1) is 6.16. The van der Waals surface area contributed by atoms with E-state index in [4.69, 9.17) is 0 Å². The molecule has 0 saturated carbocycles. The largest absolute Gasteiger partial charge is 0.100 e. The third kappa shape index (κ3) is 9.39. The topological polar surface area (TPSA) is 0 Å². The zero-order valence-corrected chi connectivity index (χ0v) is 9.47. The second-order valence-corrected chi connectivity index (χ2v) is 4.10. The van der Waals surface area contributed by atoms with Crippen molar-refractivity contribution in [3.05, 3.63) is 24.3 Å². The fourth-order valence-electron chi connectivity index (χ4n) is 1.44. The quantitative estimate of drug-likeness (QED) is 0.497. The van der Waals surface area contributed by atoms with E-state index >= 15 is 0 Å². The molecule has 0 rings (SSSR count). The third-order valence-electron chi connectivity index (χ3n) is 2.36. The van der Waals surface area contributed by atoms with Gasteiger partial charge in [0.25, 0.3) is 0 Å². The summed E-state index contributed by atoms with van der Waals surface area (Å²) in [6, 6.07) is 0. The average molecular weight is 180 g/mol. The average Bonchev–Trinajstić information content (AvgIpc) is 2.04. The van der Waals surface area contributed by atoms with E-state index in [1.54, 1.807) is 0 Å². The molecule has 13 heavy (non-hydrogen) atoms. The van der Waals surface area contributed by atoms with Crippen molar-refractivity contribution in [2.75, 3.05) is 0 Å². The van der Waals surface area contributed by atoms with Crippen LogP contribution in [0.5, 0.6) is 0 Å². The van der Waals surface area contributed by atoms with E-state index in [1.165, 1.54) is 37.7 Å².